The first-order chi connectivity index (χ1) is 15.5. The highest BCUT2D eigenvalue weighted by Gasteiger charge is 2.32. The summed E-state index contributed by atoms with van der Waals surface area (Å²) < 4.78 is 22.8. The lowest BCUT2D eigenvalue weighted by Crippen LogP contribution is -2.23. The molecule has 0 spiro atoms. The fraction of sp³-hybridized carbons (Fsp3) is 0.318. The molecule has 0 N–H and O–H groups in total. The molecule has 7 nitrogen and oxygen atoms in total. The van der Waals surface area contributed by atoms with Crippen LogP contribution in [0.25, 0.3) is 10.7 Å². The Balaban J connectivity index is 1.46. The molecular weight excluding hydrogens is 470 g/mol. The van der Waals surface area contributed by atoms with Crippen LogP contribution in [0.15, 0.2) is 36.7 Å². The summed E-state index contributed by atoms with van der Waals surface area (Å²) in [6.07, 6.45) is 3.79. The van der Waals surface area contributed by atoms with Gasteiger partial charge in [-0.15, -0.1) is 11.3 Å². The van der Waals surface area contributed by atoms with Crippen molar-refractivity contribution in [3.63, 3.8) is 0 Å². The van der Waals surface area contributed by atoms with E-state index in [1.54, 1.807) is 36.5 Å². The van der Waals surface area contributed by atoms with Gasteiger partial charge in [0.05, 0.1) is 35.0 Å². The smallest absolute Gasteiger partial charge is 0.269 e. The number of hydrogen-bond donors (Lipinski definition) is 0. The number of carbonyl (C=O) groups is 1. The van der Waals surface area contributed by atoms with Crippen LogP contribution in [0.1, 0.15) is 28.6 Å². The molecule has 1 aliphatic rings. The van der Waals surface area contributed by atoms with E-state index in [-0.39, 0.29) is 5.91 Å². The zero-order valence-corrected chi connectivity index (χ0v) is 20.1. The molecule has 1 aromatic carbocycles. The predicted molar refractivity (Wildman–Crippen MR) is 128 cm³/mol. The van der Waals surface area contributed by atoms with Gasteiger partial charge in [-0.2, -0.15) is 0 Å². The van der Waals surface area contributed by atoms with Crippen LogP contribution in [-0.4, -0.2) is 45.3 Å². The molecule has 3 heterocycles. The second kappa shape index (κ2) is 9.97. The molecular formula is C22H22ClN3O4S2. The van der Waals surface area contributed by atoms with Gasteiger partial charge in [0.2, 0.25) is 0 Å². The number of carbonyl (C=O) groups excluding carboxylic acids is 1. The van der Waals surface area contributed by atoms with E-state index >= 15 is 0 Å². The maximum atomic E-state index is 13.1. The number of halogens is 1. The summed E-state index contributed by atoms with van der Waals surface area (Å²) in [4.78, 5) is 24.8. The first-order valence-electron chi connectivity index (χ1n) is 10.1. The van der Waals surface area contributed by atoms with Crippen molar-refractivity contribution in [3.8, 4) is 22.2 Å². The second-order valence-corrected chi connectivity index (χ2v) is 10.4. The van der Waals surface area contributed by atoms with Crippen LogP contribution in [0.3, 0.4) is 0 Å². The molecule has 1 amide bonds. The third-order valence-corrected chi connectivity index (χ3v) is 7.72. The number of ether oxygens (including phenoxy) is 2. The molecule has 0 fully saturated rings. The lowest BCUT2D eigenvalue weighted by Gasteiger charge is -2.18. The molecule has 3 aromatic rings. The van der Waals surface area contributed by atoms with Gasteiger partial charge in [0, 0.05) is 46.5 Å². The van der Waals surface area contributed by atoms with E-state index in [1.807, 2.05) is 19.1 Å². The Labute approximate surface area is 197 Å². The molecule has 0 saturated heterocycles. The molecule has 1 aliphatic heterocycles. The van der Waals surface area contributed by atoms with Crippen LogP contribution in [0.2, 0.25) is 5.02 Å². The number of aromatic nitrogens is 2. The van der Waals surface area contributed by atoms with Gasteiger partial charge in [-0.1, -0.05) is 18.5 Å². The molecule has 1 unspecified atom stereocenters. The fourth-order valence-electron chi connectivity index (χ4n) is 3.34. The lowest BCUT2D eigenvalue weighted by molar-refractivity contribution is 0.1000. The number of nitrogens with zero attached hydrogens (tertiary/aromatic N) is 3. The summed E-state index contributed by atoms with van der Waals surface area (Å²) >= 11 is 7.24. The van der Waals surface area contributed by atoms with Crippen molar-refractivity contribution in [1.29, 1.82) is 0 Å². The topological polar surface area (TPSA) is 81.6 Å². The number of anilines is 1. The maximum absolute atomic E-state index is 13.1. The molecule has 168 valence electrons. The predicted octanol–water partition coefficient (Wildman–Crippen LogP) is 4.57. The summed E-state index contributed by atoms with van der Waals surface area (Å²) in [5.41, 5.74) is 1.68. The largest absolute Gasteiger partial charge is 0.493 e. The molecule has 32 heavy (non-hydrogen) atoms. The number of thiophene rings is 1. The molecule has 4 rings (SSSR count). The third-order valence-electron chi connectivity index (χ3n) is 4.97. The van der Waals surface area contributed by atoms with Crippen molar-refractivity contribution in [2.45, 2.75) is 19.9 Å². The second-order valence-electron chi connectivity index (χ2n) is 7.05. The van der Waals surface area contributed by atoms with E-state index in [1.165, 1.54) is 11.3 Å². The number of amides is 1. The average Bonchev–Trinajstić information content (AvgIpc) is 3.36. The summed E-state index contributed by atoms with van der Waals surface area (Å²) in [6, 6.07) is 7.41. The van der Waals surface area contributed by atoms with Gasteiger partial charge >= 0.3 is 0 Å². The molecule has 0 bridgehead atoms. The Hall–Kier alpha value is -2.49. The van der Waals surface area contributed by atoms with Crippen LogP contribution in [0, 0.1) is 0 Å². The summed E-state index contributed by atoms with van der Waals surface area (Å²) in [5.74, 6) is 2.91. The van der Waals surface area contributed by atoms with E-state index in [0.717, 1.165) is 16.1 Å². The van der Waals surface area contributed by atoms with Crippen molar-refractivity contribution in [2.24, 2.45) is 0 Å². The van der Waals surface area contributed by atoms with E-state index in [0.29, 0.717) is 58.3 Å². The molecule has 10 heteroatoms. The van der Waals surface area contributed by atoms with Gasteiger partial charge in [-0.3, -0.25) is 9.00 Å². The Bertz CT molecular complexity index is 1150. The van der Waals surface area contributed by atoms with Gasteiger partial charge < -0.3 is 14.4 Å². The van der Waals surface area contributed by atoms with Crippen molar-refractivity contribution in [3.05, 3.63) is 52.1 Å². The quantitative estimate of drug-likeness (QED) is 0.408. The summed E-state index contributed by atoms with van der Waals surface area (Å²) in [6.45, 7) is 2.82. The number of methoxy groups -OCH3 is 1. The fourth-order valence-corrected chi connectivity index (χ4v) is 5.24. The normalized spacial score (nSPS) is 13.8. The Morgan fingerprint density at radius 1 is 1.22 bits per heavy atom. The zero-order chi connectivity index (χ0) is 22.7. The van der Waals surface area contributed by atoms with E-state index in [2.05, 4.69) is 9.97 Å². The zero-order valence-electron chi connectivity index (χ0n) is 17.7. The molecule has 0 radical (unpaired) electrons. The Morgan fingerprint density at radius 3 is 2.69 bits per heavy atom. The first-order valence-corrected chi connectivity index (χ1v) is 12.8. The molecule has 1 atom stereocenters. The summed E-state index contributed by atoms with van der Waals surface area (Å²) in [7, 11) is 0.768. The van der Waals surface area contributed by atoms with Gasteiger partial charge in [0.1, 0.15) is 0 Å². The third kappa shape index (κ3) is 4.79. The standard InChI is InChI=1S/C22H22ClN3O4S2/c1-3-32(28)8-4-7-30-17-6-5-16(10-18(17)29-2)26-13-14-9-19(31-20(14)22(26)27)21-24-11-15(23)12-25-21/h5-6,9-12H,3-4,7-8,13H2,1-2H3. The van der Waals surface area contributed by atoms with Gasteiger partial charge in [-0.05, 0) is 30.2 Å². The van der Waals surface area contributed by atoms with Crippen LogP contribution in [0.5, 0.6) is 11.5 Å². The Kier molecular flexibility index (Phi) is 7.07. The average molecular weight is 492 g/mol. The number of rotatable bonds is 9. The first kappa shape index (κ1) is 22.7. The van der Waals surface area contributed by atoms with Crippen molar-refractivity contribution in [1.82, 2.24) is 9.97 Å². The minimum Gasteiger partial charge on any atom is -0.493 e. The molecule has 0 aliphatic carbocycles. The minimum absolute atomic E-state index is 0.0667. The van der Waals surface area contributed by atoms with Crippen LogP contribution < -0.4 is 14.4 Å². The van der Waals surface area contributed by atoms with E-state index in [4.69, 9.17) is 21.1 Å². The summed E-state index contributed by atoms with van der Waals surface area (Å²) in [5, 5.41) is 0.470. The minimum atomic E-state index is -0.800. The number of benzene rings is 1. The lowest BCUT2D eigenvalue weighted by atomic mass is 10.2. The SMILES string of the molecule is CCS(=O)CCCOc1ccc(N2Cc3cc(-c4ncc(Cl)cn4)sc3C2=O)cc1OC. The van der Waals surface area contributed by atoms with Crippen LogP contribution >= 0.6 is 22.9 Å². The van der Waals surface area contributed by atoms with Crippen molar-refractivity contribution in [2.75, 3.05) is 30.1 Å². The van der Waals surface area contributed by atoms with Crippen LogP contribution in [0.4, 0.5) is 5.69 Å². The highest BCUT2D eigenvalue weighted by atomic mass is 35.5. The molecule has 0 saturated carbocycles. The highest BCUT2D eigenvalue weighted by molar-refractivity contribution is 7.84. The number of fused-ring (bicyclic) bond motifs is 1. The maximum Gasteiger partial charge on any atom is 0.269 e. The van der Waals surface area contributed by atoms with Gasteiger partial charge in [0.15, 0.2) is 17.3 Å². The Morgan fingerprint density at radius 2 is 2.00 bits per heavy atom. The number of hydrogen-bond acceptors (Lipinski definition) is 7. The van der Waals surface area contributed by atoms with Crippen molar-refractivity contribution >= 4 is 45.3 Å². The van der Waals surface area contributed by atoms with E-state index < -0.39 is 10.8 Å². The molecule has 2 aromatic heterocycles. The van der Waals surface area contributed by atoms with E-state index in [9.17, 15) is 9.00 Å². The van der Waals surface area contributed by atoms with Crippen LogP contribution in [-0.2, 0) is 17.3 Å². The highest BCUT2D eigenvalue weighted by Crippen LogP contribution is 2.39. The van der Waals surface area contributed by atoms with Gasteiger partial charge in [-0.25, -0.2) is 9.97 Å². The van der Waals surface area contributed by atoms with Gasteiger partial charge in [0.25, 0.3) is 5.91 Å². The van der Waals surface area contributed by atoms with Crippen molar-refractivity contribution < 1.29 is 18.5 Å². The monoisotopic (exact) mass is 491 g/mol.